The highest BCUT2D eigenvalue weighted by atomic mass is 32.2. The first-order valence-electron chi connectivity index (χ1n) is 8.82. The largest absolute Gasteiger partial charge is 0.492 e. The van der Waals surface area contributed by atoms with Crippen LogP contribution in [0.5, 0.6) is 11.5 Å². The molecular formula is C21H19NO6S. The van der Waals surface area contributed by atoms with Crippen molar-refractivity contribution in [1.82, 2.24) is 4.90 Å². The Morgan fingerprint density at radius 2 is 1.83 bits per heavy atom. The Morgan fingerprint density at radius 1 is 1.10 bits per heavy atom. The molecule has 7 nitrogen and oxygen atoms in total. The lowest BCUT2D eigenvalue weighted by Gasteiger charge is -2.13. The number of nitrogens with zero attached hydrogens (tertiary/aromatic N) is 1. The number of aliphatic carboxylic acids is 1. The summed E-state index contributed by atoms with van der Waals surface area (Å²) in [6.45, 7) is 1.80. The molecular weight excluding hydrogens is 394 g/mol. The van der Waals surface area contributed by atoms with Crippen LogP contribution in [0.1, 0.15) is 11.1 Å². The summed E-state index contributed by atoms with van der Waals surface area (Å²) in [7, 11) is 0. The minimum Gasteiger partial charge on any atom is -0.492 e. The molecule has 1 aliphatic heterocycles. The van der Waals surface area contributed by atoms with Gasteiger partial charge in [-0.15, -0.1) is 0 Å². The summed E-state index contributed by atoms with van der Waals surface area (Å²) in [6.07, 6.45) is 1.53. The van der Waals surface area contributed by atoms with Crippen molar-refractivity contribution in [3.8, 4) is 11.5 Å². The van der Waals surface area contributed by atoms with E-state index in [4.69, 9.17) is 14.6 Å². The van der Waals surface area contributed by atoms with Crippen LogP contribution in [-0.2, 0) is 9.59 Å². The molecule has 1 heterocycles. The van der Waals surface area contributed by atoms with E-state index in [9.17, 15) is 14.4 Å². The molecule has 1 fully saturated rings. The average Bonchev–Trinajstić information content (AvgIpc) is 2.96. The molecule has 0 atom stereocenters. The van der Waals surface area contributed by atoms with Crippen LogP contribution in [0.15, 0.2) is 53.4 Å². The van der Waals surface area contributed by atoms with Crippen LogP contribution in [0.25, 0.3) is 6.08 Å². The molecule has 8 heteroatoms. The van der Waals surface area contributed by atoms with Crippen molar-refractivity contribution in [2.45, 2.75) is 6.92 Å². The fourth-order valence-electron chi connectivity index (χ4n) is 2.59. The van der Waals surface area contributed by atoms with Gasteiger partial charge in [0.15, 0.2) is 6.61 Å². The summed E-state index contributed by atoms with van der Waals surface area (Å²) in [6, 6.07) is 14.2. The monoisotopic (exact) mass is 413 g/mol. The quantitative estimate of drug-likeness (QED) is 0.661. The van der Waals surface area contributed by atoms with E-state index in [0.717, 1.165) is 22.2 Å². The molecule has 2 amide bonds. The highest BCUT2D eigenvalue weighted by molar-refractivity contribution is 8.18. The molecule has 1 N–H and O–H groups in total. The summed E-state index contributed by atoms with van der Waals surface area (Å²) in [5, 5.41) is 8.40. The number of ether oxygens (including phenoxy) is 2. The van der Waals surface area contributed by atoms with Crippen molar-refractivity contribution < 1.29 is 29.0 Å². The molecule has 0 spiro atoms. The molecule has 0 aliphatic carbocycles. The van der Waals surface area contributed by atoms with Crippen LogP contribution in [0.3, 0.4) is 0 Å². The highest BCUT2D eigenvalue weighted by Gasteiger charge is 2.35. The summed E-state index contributed by atoms with van der Waals surface area (Å²) >= 11 is 0.829. The maximum atomic E-state index is 12.6. The normalized spacial score (nSPS) is 15.1. The number of benzene rings is 2. The Bertz CT molecular complexity index is 954. The third-order valence-electron chi connectivity index (χ3n) is 4.03. The molecule has 3 rings (SSSR count). The van der Waals surface area contributed by atoms with Gasteiger partial charge in [-0.1, -0.05) is 35.9 Å². The van der Waals surface area contributed by atoms with Crippen molar-refractivity contribution in [1.29, 1.82) is 0 Å². The molecule has 1 saturated heterocycles. The third-order valence-corrected chi connectivity index (χ3v) is 4.94. The summed E-state index contributed by atoms with van der Waals surface area (Å²) < 4.78 is 10.8. The van der Waals surface area contributed by atoms with Crippen molar-refractivity contribution in [2.24, 2.45) is 0 Å². The van der Waals surface area contributed by atoms with Gasteiger partial charge in [-0.3, -0.25) is 14.5 Å². The predicted octanol–water partition coefficient (Wildman–Crippen LogP) is 3.57. The zero-order valence-corrected chi connectivity index (χ0v) is 16.5. The third kappa shape index (κ3) is 5.39. The molecule has 0 radical (unpaired) electrons. The molecule has 2 aromatic rings. The molecule has 2 aromatic carbocycles. The van der Waals surface area contributed by atoms with Crippen molar-refractivity contribution in [2.75, 3.05) is 19.8 Å². The average molecular weight is 413 g/mol. The fourth-order valence-corrected chi connectivity index (χ4v) is 3.45. The second-order valence-corrected chi connectivity index (χ2v) is 7.21. The van der Waals surface area contributed by atoms with Crippen LogP contribution in [0.2, 0.25) is 0 Å². The molecule has 150 valence electrons. The van der Waals surface area contributed by atoms with Gasteiger partial charge in [-0.25, -0.2) is 4.79 Å². The molecule has 1 aliphatic rings. The van der Waals surface area contributed by atoms with E-state index in [2.05, 4.69) is 0 Å². The molecule has 29 heavy (non-hydrogen) atoms. The lowest BCUT2D eigenvalue weighted by molar-refractivity contribution is -0.139. The summed E-state index contributed by atoms with van der Waals surface area (Å²) in [4.78, 5) is 36.9. The molecule has 0 unspecified atom stereocenters. The zero-order chi connectivity index (χ0) is 20.8. The van der Waals surface area contributed by atoms with Crippen LogP contribution >= 0.6 is 11.8 Å². The smallest absolute Gasteiger partial charge is 0.341 e. The van der Waals surface area contributed by atoms with Crippen LogP contribution in [-0.4, -0.2) is 46.9 Å². The second-order valence-electron chi connectivity index (χ2n) is 6.22. The number of amides is 2. The van der Waals surface area contributed by atoms with Gasteiger partial charge in [0.1, 0.15) is 18.1 Å². The number of aryl methyl sites for hydroxylation is 1. The first-order valence-corrected chi connectivity index (χ1v) is 9.64. The van der Waals surface area contributed by atoms with Gasteiger partial charge >= 0.3 is 5.97 Å². The number of carbonyl (C=O) groups excluding carboxylic acids is 2. The lowest BCUT2D eigenvalue weighted by atomic mass is 10.2. The summed E-state index contributed by atoms with van der Waals surface area (Å²) in [5.41, 5.74) is 1.64. The minimum atomic E-state index is -1.10. The van der Waals surface area contributed by atoms with Crippen molar-refractivity contribution >= 4 is 35.0 Å². The van der Waals surface area contributed by atoms with Gasteiger partial charge in [0.05, 0.1) is 11.4 Å². The number of hydrogen-bond acceptors (Lipinski definition) is 6. The number of carboxylic acid groups (broad SMARTS) is 1. The number of thioether (sulfide) groups is 1. The van der Waals surface area contributed by atoms with E-state index >= 15 is 0 Å². The fraction of sp³-hybridized carbons (Fsp3) is 0.190. The second kappa shape index (κ2) is 9.29. The first kappa shape index (κ1) is 20.5. The van der Waals surface area contributed by atoms with E-state index in [0.29, 0.717) is 17.1 Å². The van der Waals surface area contributed by atoms with E-state index < -0.39 is 18.5 Å². The molecule has 0 bridgehead atoms. The Labute approximate surface area is 171 Å². The standard InChI is InChI=1S/C21H19NO6S/c1-14-6-8-16(9-7-14)27-11-10-22-20(25)18(29-21(22)26)12-15-4-2-3-5-17(15)28-13-19(23)24/h2-9,12H,10-11,13H2,1H3,(H,23,24)/b18-12-. The maximum Gasteiger partial charge on any atom is 0.341 e. The van der Waals surface area contributed by atoms with Gasteiger partial charge < -0.3 is 14.6 Å². The van der Waals surface area contributed by atoms with Crippen molar-refractivity contribution in [3.05, 3.63) is 64.6 Å². The highest BCUT2D eigenvalue weighted by Crippen LogP contribution is 2.33. The topological polar surface area (TPSA) is 93.1 Å². The van der Waals surface area contributed by atoms with Gasteiger partial charge in [0.25, 0.3) is 11.1 Å². The van der Waals surface area contributed by atoms with E-state index in [1.165, 1.54) is 6.08 Å². The number of carboxylic acids is 1. The lowest BCUT2D eigenvalue weighted by Crippen LogP contribution is -2.32. The van der Waals surface area contributed by atoms with Gasteiger partial charge in [-0.2, -0.15) is 0 Å². The van der Waals surface area contributed by atoms with Crippen LogP contribution in [0, 0.1) is 6.92 Å². The van der Waals surface area contributed by atoms with E-state index in [-0.39, 0.29) is 23.3 Å². The Hall–Kier alpha value is -3.26. The van der Waals surface area contributed by atoms with E-state index in [1.807, 2.05) is 31.2 Å². The van der Waals surface area contributed by atoms with Gasteiger partial charge in [-0.05, 0) is 43.0 Å². The number of para-hydroxylation sites is 1. The first-order chi connectivity index (χ1) is 13.9. The van der Waals surface area contributed by atoms with E-state index in [1.54, 1.807) is 24.3 Å². The Morgan fingerprint density at radius 3 is 2.55 bits per heavy atom. The zero-order valence-electron chi connectivity index (χ0n) is 15.7. The Balaban J connectivity index is 1.65. The predicted molar refractivity (Wildman–Crippen MR) is 109 cm³/mol. The minimum absolute atomic E-state index is 0.132. The van der Waals surface area contributed by atoms with Gasteiger partial charge in [0.2, 0.25) is 0 Å². The number of rotatable bonds is 8. The number of imide groups is 1. The van der Waals surface area contributed by atoms with Crippen LogP contribution in [0.4, 0.5) is 4.79 Å². The van der Waals surface area contributed by atoms with Crippen LogP contribution < -0.4 is 9.47 Å². The van der Waals surface area contributed by atoms with Gasteiger partial charge in [0, 0.05) is 5.56 Å². The summed E-state index contributed by atoms with van der Waals surface area (Å²) in [5.74, 6) is -0.527. The molecule has 0 saturated carbocycles. The molecule has 0 aromatic heterocycles. The Kier molecular flexibility index (Phi) is 6.56. The van der Waals surface area contributed by atoms with Crippen molar-refractivity contribution in [3.63, 3.8) is 0 Å². The number of hydrogen-bond donors (Lipinski definition) is 1. The maximum absolute atomic E-state index is 12.6. The SMILES string of the molecule is Cc1ccc(OCCN2C(=O)S/C(=C\c3ccccc3OCC(=O)O)C2=O)cc1. The number of carbonyl (C=O) groups is 3.